The van der Waals surface area contributed by atoms with E-state index in [-0.39, 0.29) is 6.61 Å². The molecule has 4 nitrogen and oxygen atoms in total. The first-order valence-electron chi connectivity index (χ1n) is 9.43. The maximum atomic E-state index is 10.7. The molecule has 26 heavy (non-hydrogen) atoms. The summed E-state index contributed by atoms with van der Waals surface area (Å²) in [6, 6.07) is 14.5. The molecule has 1 aromatic heterocycles. The monoisotopic (exact) mass is 353 g/mol. The number of imidazole rings is 1. The van der Waals surface area contributed by atoms with E-state index in [1.54, 1.807) is 0 Å². The summed E-state index contributed by atoms with van der Waals surface area (Å²) in [7, 11) is 0. The molecule has 0 radical (unpaired) electrons. The van der Waals surface area contributed by atoms with Crippen LogP contribution in [0.2, 0.25) is 0 Å². The van der Waals surface area contributed by atoms with Crippen LogP contribution in [0.3, 0.4) is 0 Å². The molecule has 138 valence electrons. The lowest BCUT2D eigenvalue weighted by Crippen LogP contribution is -2.44. The highest BCUT2D eigenvalue weighted by Gasteiger charge is 2.24. The summed E-state index contributed by atoms with van der Waals surface area (Å²) in [4.78, 5) is 0. The Morgan fingerprint density at radius 2 is 1.73 bits per heavy atom. The number of hydrogen-bond acceptors (Lipinski definition) is 2. The molecule has 0 bridgehead atoms. The van der Waals surface area contributed by atoms with Crippen LogP contribution in [0.5, 0.6) is 5.75 Å². The third-order valence-electron chi connectivity index (χ3n) is 4.94. The minimum atomic E-state index is -0.569. The summed E-state index contributed by atoms with van der Waals surface area (Å²) in [5.41, 5.74) is 4.58. The number of ether oxygens (including phenoxy) is 1. The van der Waals surface area contributed by atoms with E-state index < -0.39 is 6.10 Å². The van der Waals surface area contributed by atoms with Gasteiger partial charge in [-0.25, -0.2) is 9.13 Å². The Balaban J connectivity index is 1.82. The highest BCUT2D eigenvalue weighted by molar-refractivity contribution is 5.72. The second-order valence-corrected chi connectivity index (χ2v) is 6.80. The van der Waals surface area contributed by atoms with Crippen molar-refractivity contribution < 1.29 is 14.4 Å². The summed E-state index contributed by atoms with van der Waals surface area (Å²) in [6.45, 7) is 10.1. The molecule has 0 spiro atoms. The lowest BCUT2D eigenvalue weighted by Gasteiger charge is -2.15. The van der Waals surface area contributed by atoms with E-state index in [1.165, 1.54) is 11.3 Å². The minimum Gasteiger partial charge on any atom is -0.490 e. The summed E-state index contributed by atoms with van der Waals surface area (Å²) in [5, 5.41) is 10.7. The van der Waals surface area contributed by atoms with Crippen molar-refractivity contribution in [3.05, 3.63) is 59.4 Å². The number of aliphatic hydroxyl groups is 1. The van der Waals surface area contributed by atoms with Crippen LogP contribution < -0.4 is 9.30 Å². The zero-order chi connectivity index (χ0) is 18.7. The fourth-order valence-electron chi connectivity index (χ4n) is 3.75. The highest BCUT2D eigenvalue weighted by atomic mass is 16.5. The van der Waals surface area contributed by atoms with Crippen LogP contribution in [-0.4, -0.2) is 22.4 Å². The third kappa shape index (κ3) is 3.47. The Hall–Kier alpha value is -2.33. The van der Waals surface area contributed by atoms with Gasteiger partial charge in [0.25, 0.3) is 5.82 Å². The van der Waals surface area contributed by atoms with Crippen LogP contribution in [-0.2, 0) is 19.5 Å². The molecule has 0 fully saturated rings. The van der Waals surface area contributed by atoms with Crippen LogP contribution in [0.4, 0.5) is 0 Å². The second kappa shape index (κ2) is 7.92. The first-order chi connectivity index (χ1) is 12.6. The largest absolute Gasteiger partial charge is 0.490 e. The number of hydrogen-bond donors (Lipinski definition) is 1. The molecule has 4 heteroatoms. The molecular formula is C22H29N2O2+. The molecule has 0 aliphatic heterocycles. The highest BCUT2D eigenvalue weighted by Crippen LogP contribution is 2.22. The number of nitrogens with zero attached hydrogens (tertiary/aromatic N) is 2. The van der Waals surface area contributed by atoms with Crippen molar-refractivity contribution in [2.24, 2.45) is 0 Å². The molecule has 3 aromatic rings. The van der Waals surface area contributed by atoms with E-state index in [4.69, 9.17) is 4.74 Å². The van der Waals surface area contributed by atoms with E-state index in [0.717, 1.165) is 35.4 Å². The van der Waals surface area contributed by atoms with Crippen molar-refractivity contribution in [2.75, 3.05) is 6.61 Å². The van der Waals surface area contributed by atoms with E-state index in [1.807, 2.05) is 32.0 Å². The zero-order valence-corrected chi connectivity index (χ0v) is 16.2. The number of fused-ring (bicyclic) bond motifs is 1. The van der Waals surface area contributed by atoms with Gasteiger partial charge in [-0.2, -0.15) is 0 Å². The average Bonchev–Trinajstić information content (AvgIpc) is 2.94. The summed E-state index contributed by atoms with van der Waals surface area (Å²) >= 11 is 0. The van der Waals surface area contributed by atoms with Crippen LogP contribution in [0.1, 0.15) is 30.8 Å². The first-order valence-corrected chi connectivity index (χ1v) is 9.43. The predicted octanol–water partition coefficient (Wildman–Crippen LogP) is 3.57. The zero-order valence-electron chi connectivity index (χ0n) is 16.2. The predicted molar refractivity (Wildman–Crippen MR) is 105 cm³/mol. The van der Waals surface area contributed by atoms with Crippen LogP contribution >= 0.6 is 0 Å². The molecule has 2 aromatic carbocycles. The number of aliphatic hydroxyl groups excluding tert-OH is 1. The Bertz CT molecular complexity index is 878. The topological polar surface area (TPSA) is 38.3 Å². The van der Waals surface area contributed by atoms with Crippen molar-refractivity contribution in [2.45, 2.75) is 53.3 Å². The smallest absolute Gasteiger partial charge is 0.257 e. The van der Waals surface area contributed by atoms with Gasteiger partial charge in [-0.1, -0.05) is 37.3 Å². The average molecular weight is 353 g/mol. The molecule has 0 saturated carbocycles. The Kier molecular flexibility index (Phi) is 5.62. The number of aryl methyl sites for hydroxylation is 3. The van der Waals surface area contributed by atoms with Crippen LogP contribution in [0.25, 0.3) is 11.0 Å². The van der Waals surface area contributed by atoms with E-state index in [2.05, 4.69) is 47.2 Å². The van der Waals surface area contributed by atoms with Crippen LogP contribution in [0, 0.1) is 13.8 Å². The number of para-hydroxylation sites is 3. The quantitative estimate of drug-likeness (QED) is 0.660. The molecular weight excluding hydrogens is 324 g/mol. The summed E-state index contributed by atoms with van der Waals surface area (Å²) in [5.74, 6) is 2.11. The van der Waals surface area contributed by atoms with Crippen molar-refractivity contribution >= 4 is 11.0 Å². The van der Waals surface area contributed by atoms with Crippen LogP contribution in [0.15, 0.2) is 42.5 Å². The van der Waals surface area contributed by atoms with Gasteiger partial charge in [0.2, 0.25) is 0 Å². The van der Waals surface area contributed by atoms with Crippen molar-refractivity contribution in [1.29, 1.82) is 0 Å². The summed E-state index contributed by atoms with van der Waals surface area (Å²) < 4.78 is 10.5. The van der Waals surface area contributed by atoms with Gasteiger partial charge in [-0.3, -0.25) is 0 Å². The van der Waals surface area contributed by atoms with E-state index >= 15 is 0 Å². The van der Waals surface area contributed by atoms with Gasteiger partial charge >= 0.3 is 0 Å². The van der Waals surface area contributed by atoms with Gasteiger partial charge in [0.15, 0.2) is 11.0 Å². The lowest BCUT2D eigenvalue weighted by molar-refractivity contribution is -0.686. The van der Waals surface area contributed by atoms with E-state index in [9.17, 15) is 5.11 Å². The molecule has 1 heterocycles. The van der Waals surface area contributed by atoms with Gasteiger partial charge in [-0.05, 0) is 44.0 Å². The summed E-state index contributed by atoms with van der Waals surface area (Å²) in [6.07, 6.45) is 0.355. The molecule has 0 amide bonds. The van der Waals surface area contributed by atoms with Gasteiger partial charge in [-0.15, -0.1) is 0 Å². The van der Waals surface area contributed by atoms with Crippen molar-refractivity contribution in [1.82, 2.24) is 4.57 Å². The number of rotatable bonds is 7. The third-order valence-corrected chi connectivity index (χ3v) is 4.94. The molecule has 1 atom stereocenters. The normalized spacial score (nSPS) is 12.5. The Labute approximate surface area is 155 Å². The molecule has 0 aliphatic carbocycles. The maximum Gasteiger partial charge on any atom is 0.257 e. The van der Waals surface area contributed by atoms with Gasteiger partial charge < -0.3 is 9.84 Å². The van der Waals surface area contributed by atoms with Crippen molar-refractivity contribution in [3.63, 3.8) is 0 Å². The second-order valence-electron chi connectivity index (χ2n) is 6.80. The molecule has 1 N–H and O–H groups in total. The Morgan fingerprint density at radius 3 is 2.38 bits per heavy atom. The molecule has 3 rings (SSSR count). The van der Waals surface area contributed by atoms with Crippen molar-refractivity contribution in [3.8, 4) is 5.75 Å². The SMILES string of the molecule is CCc1n(CC)c2ccccc2[n+]1C[C@@H](O)COc1c(C)cccc1C. The fraction of sp³-hybridized carbons (Fsp3) is 0.409. The van der Waals surface area contributed by atoms with E-state index in [0.29, 0.717) is 6.54 Å². The first kappa shape index (κ1) is 18.5. The number of benzene rings is 2. The molecule has 0 saturated heterocycles. The standard InChI is InChI=1S/C22H29N2O2/c1-5-21-23(6-2)19-12-7-8-13-20(19)24(21)14-18(25)15-26-22-16(3)10-9-11-17(22)4/h7-13,18,25H,5-6,14-15H2,1-4H3/q+1/t18-/m1/s1. The maximum absolute atomic E-state index is 10.7. The number of aromatic nitrogens is 2. The molecule has 0 aliphatic rings. The van der Waals surface area contributed by atoms with Gasteiger partial charge in [0, 0.05) is 6.42 Å². The fourth-order valence-corrected chi connectivity index (χ4v) is 3.75. The van der Waals surface area contributed by atoms with Gasteiger partial charge in [0.05, 0.1) is 6.54 Å². The van der Waals surface area contributed by atoms with Gasteiger partial charge in [0.1, 0.15) is 25.0 Å². The minimum absolute atomic E-state index is 0.285. The lowest BCUT2D eigenvalue weighted by atomic mass is 10.1. The Morgan fingerprint density at radius 1 is 1.04 bits per heavy atom. The molecule has 0 unspecified atom stereocenters.